The molecule has 8 nitrogen and oxygen atoms in total. The molecule has 2 aromatic rings. The first-order valence-corrected chi connectivity index (χ1v) is 9.74. The summed E-state index contributed by atoms with van der Waals surface area (Å²) in [6.07, 6.45) is 4.36. The Morgan fingerprint density at radius 3 is 1.97 bits per heavy atom. The Bertz CT molecular complexity index is 947. The van der Waals surface area contributed by atoms with E-state index in [9.17, 15) is 19.8 Å². The summed E-state index contributed by atoms with van der Waals surface area (Å²) < 4.78 is 20.1. The number of aliphatic hydroxyl groups is 2. The maximum Gasteiger partial charge on any atom is 0.330 e. The molecule has 1 atom stereocenters. The second-order valence-corrected chi connectivity index (χ2v) is 6.58. The molecule has 0 aromatic heterocycles. The predicted molar refractivity (Wildman–Crippen MR) is 118 cm³/mol. The molecule has 0 fully saturated rings. The van der Waals surface area contributed by atoms with Crippen LogP contribution in [0.25, 0.3) is 12.2 Å². The van der Waals surface area contributed by atoms with E-state index in [0.717, 1.165) is 5.56 Å². The average molecular weight is 442 g/mol. The van der Waals surface area contributed by atoms with E-state index in [1.54, 1.807) is 55.7 Å². The largest absolute Gasteiger partial charge is 0.497 e. The smallest absolute Gasteiger partial charge is 0.330 e. The van der Waals surface area contributed by atoms with Gasteiger partial charge in [0.15, 0.2) is 0 Å². The molecule has 0 saturated carbocycles. The molecule has 0 aliphatic carbocycles. The third kappa shape index (κ3) is 8.25. The zero-order chi connectivity index (χ0) is 23.3. The number of ether oxygens (including phenoxy) is 4. The SMILES string of the molecule is COc1ccc(C=CC(=O)OCC(O)COC(=O)C=Cc2ccc(CO)c(OC)c2)cc1. The molecule has 32 heavy (non-hydrogen) atoms. The van der Waals surface area contributed by atoms with Gasteiger partial charge in [0.1, 0.15) is 30.8 Å². The molecule has 1 unspecified atom stereocenters. The van der Waals surface area contributed by atoms with Crippen molar-refractivity contribution >= 4 is 24.1 Å². The molecule has 0 aliphatic rings. The van der Waals surface area contributed by atoms with Crippen LogP contribution in [0.3, 0.4) is 0 Å². The van der Waals surface area contributed by atoms with E-state index in [1.807, 2.05) is 0 Å². The molecule has 0 heterocycles. The molecule has 2 rings (SSSR count). The highest BCUT2D eigenvalue weighted by Crippen LogP contribution is 2.21. The molecule has 8 heteroatoms. The van der Waals surface area contributed by atoms with Crippen LogP contribution in [0.5, 0.6) is 11.5 Å². The molecule has 0 saturated heterocycles. The highest BCUT2D eigenvalue weighted by Gasteiger charge is 2.10. The molecule has 0 aliphatic heterocycles. The molecule has 2 aromatic carbocycles. The van der Waals surface area contributed by atoms with Crippen LogP contribution < -0.4 is 9.47 Å². The van der Waals surface area contributed by atoms with E-state index in [1.165, 1.54) is 25.3 Å². The maximum atomic E-state index is 11.8. The van der Waals surface area contributed by atoms with Gasteiger partial charge >= 0.3 is 11.9 Å². The first-order chi connectivity index (χ1) is 15.4. The van der Waals surface area contributed by atoms with Crippen molar-refractivity contribution in [2.45, 2.75) is 12.7 Å². The summed E-state index contributed by atoms with van der Waals surface area (Å²) in [6, 6.07) is 12.2. The van der Waals surface area contributed by atoms with Gasteiger partial charge in [-0.2, -0.15) is 0 Å². The molecule has 0 bridgehead atoms. The molecular weight excluding hydrogens is 416 g/mol. The first-order valence-electron chi connectivity index (χ1n) is 9.74. The molecule has 0 spiro atoms. The van der Waals surface area contributed by atoms with E-state index in [-0.39, 0.29) is 19.8 Å². The van der Waals surface area contributed by atoms with Crippen LogP contribution >= 0.6 is 0 Å². The van der Waals surface area contributed by atoms with Crippen LogP contribution in [-0.2, 0) is 25.7 Å². The molecule has 2 N–H and O–H groups in total. The number of rotatable bonds is 11. The topological polar surface area (TPSA) is 112 Å². The monoisotopic (exact) mass is 442 g/mol. The van der Waals surface area contributed by atoms with Crippen LogP contribution in [0.1, 0.15) is 16.7 Å². The lowest BCUT2D eigenvalue weighted by Gasteiger charge is -2.10. The standard InChI is InChI=1S/C24H26O8/c1-29-21-9-4-17(5-10-21)6-11-23(27)31-15-20(26)16-32-24(28)12-7-18-3-8-19(14-25)22(13-18)30-2/h3-13,20,25-26H,14-16H2,1-2H3. The Kier molecular flexibility index (Phi) is 9.96. The highest BCUT2D eigenvalue weighted by molar-refractivity contribution is 5.87. The van der Waals surface area contributed by atoms with E-state index in [0.29, 0.717) is 22.6 Å². The minimum atomic E-state index is -1.16. The Balaban J connectivity index is 1.73. The van der Waals surface area contributed by atoms with Gasteiger partial charge in [-0.25, -0.2) is 9.59 Å². The van der Waals surface area contributed by atoms with Gasteiger partial charge in [0.2, 0.25) is 0 Å². The summed E-state index contributed by atoms with van der Waals surface area (Å²) in [5.74, 6) is -0.0933. The van der Waals surface area contributed by atoms with Crippen molar-refractivity contribution in [2.24, 2.45) is 0 Å². The number of benzene rings is 2. The van der Waals surface area contributed by atoms with Gasteiger partial charge in [0.05, 0.1) is 20.8 Å². The van der Waals surface area contributed by atoms with Gasteiger partial charge in [-0.1, -0.05) is 24.3 Å². The number of carbonyl (C=O) groups is 2. The summed E-state index contributed by atoms with van der Waals surface area (Å²) in [5, 5.41) is 19.1. The fourth-order valence-corrected chi connectivity index (χ4v) is 2.54. The zero-order valence-electron chi connectivity index (χ0n) is 17.9. The Morgan fingerprint density at radius 1 is 0.875 bits per heavy atom. The van der Waals surface area contributed by atoms with Crippen molar-refractivity contribution in [1.82, 2.24) is 0 Å². The molecule has 0 radical (unpaired) electrons. The lowest BCUT2D eigenvalue weighted by molar-refractivity contribution is -0.146. The van der Waals surface area contributed by atoms with Crippen LogP contribution in [0.15, 0.2) is 54.6 Å². The second kappa shape index (κ2) is 12.9. The van der Waals surface area contributed by atoms with Crippen molar-refractivity contribution in [1.29, 1.82) is 0 Å². The minimum Gasteiger partial charge on any atom is -0.497 e. The lowest BCUT2D eigenvalue weighted by atomic mass is 10.1. The summed E-state index contributed by atoms with van der Waals surface area (Å²) in [6.45, 7) is -0.803. The predicted octanol–water partition coefficient (Wildman–Crippen LogP) is 2.37. The summed E-state index contributed by atoms with van der Waals surface area (Å²) in [4.78, 5) is 23.6. The highest BCUT2D eigenvalue weighted by atomic mass is 16.6. The Hall–Kier alpha value is -3.62. The molecule has 0 amide bonds. The summed E-state index contributed by atoms with van der Waals surface area (Å²) in [7, 11) is 3.05. The second-order valence-electron chi connectivity index (χ2n) is 6.58. The fraction of sp³-hybridized carbons (Fsp3) is 0.250. The van der Waals surface area contributed by atoms with E-state index >= 15 is 0 Å². The first kappa shape index (κ1) is 24.6. The van der Waals surface area contributed by atoms with Crippen LogP contribution in [-0.4, -0.2) is 55.7 Å². The van der Waals surface area contributed by atoms with Gasteiger partial charge in [-0.3, -0.25) is 0 Å². The molecular formula is C24H26O8. The number of esters is 2. The van der Waals surface area contributed by atoms with Crippen LogP contribution in [0, 0.1) is 0 Å². The van der Waals surface area contributed by atoms with Crippen LogP contribution in [0.2, 0.25) is 0 Å². The van der Waals surface area contributed by atoms with Gasteiger partial charge in [0, 0.05) is 17.7 Å². The van der Waals surface area contributed by atoms with Gasteiger partial charge in [0.25, 0.3) is 0 Å². The third-order valence-electron chi connectivity index (χ3n) is 4.26. The number of hydrogen-bond acceptors (Lipinski definition) is 8. The van der Waals surface area contributed by atoms with Gasteiger partial charge < -0.3 is 29.2 Å². The quantitative estimate of drug-likeness (QED) is 0.403. The van der Waals surface area contributed by atoms with Crippen molar-refractivity contribution in [2.75, 3.05) is 27.4 Å². The van der Waals surface area contributed by atoms with Crippen LogP contribution in [0.4, 0.5) is 0 Å². The van der Waals surface area contributed by atoms with Crippen molar-refractivity contribution in [3.05, 3.63) is 71.3 Å². The molecule has 170 valence electrons. The van der Waals surface area contributed by atoms with Gasteiger partial charge in [-0.15, -0.1) is 0 Å². The summed E-state index contributed by atoms with van der Waals surface area (Å²) in [5.41, 5.74) is 2.09. The number of methoxy groups -OCH3 is 2. The third-order valence-corrected chi connectivity index (χ3v) is 4.26. The van der Waals surface area contributed by atoms with Crippen molar-refractivity contribution in [3.63, 3.8) is 0 Å². The lowest BCUT2D eigenvalue weighted by Crippen LogP contribution is -2.24. The fourth-order valence-electron chi connectivity index (χ4n) is 2.54. The van der Waals surface area contributed by atoms with E-state index in [2.05, 4.69) is 0 Å². The Labute approximate surface area is 186 Å². The minimum absolute atomic E-state index is 0.158. The summed E-state index contributed by atoms with van der Waals surface area (Å²) >= 11 is 0. The van der Waals surface area contributed by atoms with E-state index in [4.69, 9.17) is 18.9 Å². The number of aliphatic hydroxyl groups excluding tert-OH is 2. The maximum absolute atomic E-state index is 11.8. The van der Waals surface area contributed by atoms with E-state index < -0.39 is 18.0 Å². The van der Waals surface area contributed by atoms with Crippen molar-refractivity contribution in [3.8, 4) is 11.5 Å². The number of hydrogen-bond donors (Lipinski definition) is 2. The normalized spacial score (nSPS) is 12.0. The zero-order valence-corrected chi connectivity index (χ0v) is 17.9. The van der Waals surface area contributed by atoms with Crippen molar-refractivity contribution < 1.29 is 38.7 Å². The van der Waals surface area contributed by atoms with Gasteiger partial charge in [-0.05, 0) is 41.5 Å². The Morgan fingerprint density at radius 2 is 1.44 bits per heavy atom. The average Bonchev–Trinajstić information content (AvgIpc) is 2.83. The number of carbonyl (C=O) groups excluding carboxylic acids is 2.